The first kappa shape index (κ1) is 14.0. The van der Waals surface area contributed by atoms with Gasteiger partial charge in [-0.15, -0.1) is 0 Å². The Morgan fingerprint density at radius 1 is 1.37 bits per heavy atom. The predicted octanol–water partition coefficient (Wildman–Crippen LogP) is 1.91. The summed E-state index contributed by atoms with van der Waals surface area (Å²) in [6.45, 7) is 2.30. The minimum atomic E-state index is -0.726. The van der Waals surface area contributed by atoms with Crippen LogP contribution in [0, 0.1) is 5.92 Å². The van der Waals surface area contributed by atoms with Crippen molar-refractivity contribution in [1.29, 1.82) is 0 Å². The summed E-state index contributed by atoms with van der Waals surface area (Å²) >= 11 is 0. The van der Waals surface area contributed by atoms with Crippen LogP contribution >= 0.6 is 0 Å². The molecule has 1 fully saturated rings. The minimum Gasteiger partial charge on any atom is -0.481 e. The average molecular weight is 263 g/mol. The smallest absolute Gasteiger partial charge is 0.303 e. The zero-order valence-corrected chi connectivity index (χ0v) is 11.0. The van der Waals surface area contributed by atoms with Crippen LogP contribution < -0.4 is 0 Å². The van der Waals surface area contributed by atoms with Crippen molar-refractivity contribution < 1.29 is 15.0 Å². The molecule has 1 saturated heterocycles. The molecule has 1 heterocycles. The molecule has 104 valence electrons. The number of aliphatic carboxylic acids is 1. The Labute approximate surface area is 113 Å². The molecule has 0 aliphatic carbocycles. The van der Waals surface area contributed by atoms with Gasteiger partial charge in [0.1, 0.15) is 0 Å². The highest BCUT2D eigenvalue weighted by Crippen LogP contribution is 2.22. The van der Waals surface area contributed by atoms with Crippen LogP contribution in [0.2, 0.25) is 0 Å². The van der Waals surface area contributed by atoms with Crippen LogP contribution in [-0.4, -0.2) is 40.7 Å². The summed E-state index contributed by atoms with van der Waals surface area (Å²) in [6, 6.07) is 9.61. The fourth-order valence-electron chi connectivity index (χ4n) is 2.76. The van der Waals surface area contributed by atoms with Gasteiger partial charge < -0.3 is 15.1 Å². The van der Waals surface area contributed by atoms with Gasteiger partial charge in [-0.1, -0.05) is 30.3 Å². The van der Waals surface area contributed by atoms with E-state index in [0.29, 0.717) is 6.54 Å². The Balaban J connectivity index is 1.86. The molecule has 1 aliphatic heterocycles. The molecule has 2 rings (SSSR count). The number of benzene rings is 1. The van der Waals surface area contributed by atoms with E-state index in [4.69, 9.17) is 5.11 Å². The van der Waals surface area contributed by atoms with Crippen LogP contribution in [-0.2, 0) is 4.79 Å². The fraction of sp³-hybridized carbons (Fsp3) is 0.533. The lowest BCUT2D eigenvalue weighted by molar-refractivity contribution is -0.138. The molecule has 4 heteroatoms. The van der Waals surface area contributed by atoms with Crippen LogP contribution in [0.1, 0.15) is 30.9 Å². The van der Waals surface area contributed by atoms with Gasteiger partial charge in [0.2, 0.25) is 0 Å². The van der Waals surface area contributed by atoms with Crippen molar-refractivity contribution in [2.75, 3.05) is 19.6 Å². The molecule has 2 atom stereocenters. The van der Waals surface area contributed by atoms with E-state index in [-0.39, 0.29) is 12.3 Å². The van der Waals surface area contributed by atoms with Crippen molar-refractivity contribution in [2.45, 2.75) is 25.4 Å². The first-order valence-electron chi connectivity index (χ1n) is 6.82. The van der Waals surface area contributed by atoms with E-state index in [1.807, 2.05) is 30.3 Å². The number of nitrogens with zero attached hydrogens (tertiary/aromatic N) is 1. The van der Waals surface area contributed by atoms with Gasteiger partial charge in [-0.25, -0.2) is 0 Å². The Morgan fingerprint density at radius 3 is 2.79 bits per heavy atom. The van der Waals surface area contributed by atoms with Crippen molar-refractivity contribution in [2.24, 2.45) is 5.92 Å². The van der Waals surface area contributed by atoms with Crippen molar-refractivity contribution in [3.63, 3.8) is 0 Å². The summed E-state index contributed by atoms with van der Waals surface area (Å²) in [7, 11) is 0. The van der Waals surface area contributed by atoms with Gasteiger partial charge in [-0.05, 0) is 30.9 Å². The maximum atomic E-state index is 10.7. The number of rotatable bonds is 5. The summed E-state index contributed by atoms with van der Waals surface area (Å²) in [5.74, 6) is -0.510. The van der Waals surface area contributed by atoms with Crippen LogP contribution in [0.4, 0.5) is 0 Å². The highest BCUT2D eigenvalue weighted by Gasteiger charge is 2.23. The number of likely N-dealkylation sites (tertiary alicyclic amines) is 1. The molecule has 0 spiro atoms. The maximum Gasteiger partial charge on any atom is 0.303 e. The van der Waals surface area contributed by atoms with Crippen molar-refractivity contribution in [3.05, 3.63) is 35.9 Å². The SMILES string of the molecule is O=C(O)CC1CCCN(CC(O)c2ccccc2)C1. The second-order valence-electron chi connectivity index (χ2n) is 5.29. The summed E-state index contributed by atoms with van der Waals surface area (Å²) in [5.41, 5.74) is 0.919. The fourth-order valence-corrected chi connectivity index (χ4v) is 2.76. The monoisotopic (exact) mass is 263 g/mol. The van der Waals surface area contributed by atoms with Crippen molar-refractivity contribution in [3.8, 4) is 0 Å². The minimum absolute atomic E-state index is 0.217. The molecule has 1 aliphatic rings. The number of β-amino-alcohol motifs (C(OH)–C–C–N with tert-alkyl or cyclic N) is 1. The molecular formula is C15H21NO3. The summed E-state index contributed by atoms with van der Waals surface area (Å²) in [5, 5.41) is 19.0. The van der Waals surface area contributed by atoms with Gasteiger partial charge in [0, 0.05) is 19.5 Å². The Morgan fingerprint density at radius 2 is 2.11 bits per heavy atom. The summed E-state index contributed by atoms with van der Waals surface area (Å²) in [6.07, 6.45) is 1.73. The molecule has 1 aromatic rings. The third-order valence-corrected chi connectivity index (χ3v) is 3.68. The second kappa shape index (κ2) is 6.68. The number of carboxylic acid groups (broad SMARTS) is 1. The molecule has 0 radical (unpaired) electrons. The van der Waals surface area contributed by atoms with Gasteiger partial charge in [-0.2, -0.15) is 0 Å². The quantitative estimate of drug-likeness (QED) is 0.852. The van der Waals surface area contributed by atoms with E-state index in [0.717, 1.165) is 31.5 Å². The number of aliphatic hydroxyl groups is 1. The van der Waals surface area contributed by atoms with Crippen LogP contribution in [0.3, 0.4) is 0 Å². The highest BCUT2D eigenvalue weighted by molar-refractivity contribution is 5.67. The molecular weight excluding hydrogens is 242 g/mol. The van der Waals surface area contributed by atoms with Crippen LogP contribution in [0.25, 0.3) is 0 Å². The molecule has 0 aromatic heterocycles. The van der Waals surface area contributed by atoms with E-state index >= 15 is 0 Å². The Kier molecular flexibility index (Phi) is 4.93. The third-order valence-electron chi connectivity index (χ3n) is 3.68. The van der Waals surface area contributed by atoms with Gasteiger partial charge in [0.05, 0.1) is 6.10 Å². The molecule has 1 aromatic carbocycles. The molecule has 0 bridgehead atoms. The van der Waals surface area contributed by atoms with Crippen LogP contribution in [0.15, 0.2) is 30.3 Å². The standard InChI is InChI=1S/C15H21NO3/c17-14(13-6-2-1-3-7-13)11-16-8-4-5-12(10-16)9-15(18)19/h1-3,6-7,12,14,17H,4-5,8-11H2,(H,18,19). The average Bonchev–Trinajstić information content (AvgIpc) is 2.39. The summed E-state index contributed by atoms with van der Waals surface area (Å²) in [4.78, 5) is 12.9. The van der Waals surface area contributed by atoms with Crippen LogP contribution in [0.5, 0.6) is 0 Å². The van der Waals surface area contributed by atoms with Gasteiger partial charge in [0.15, 0.2) is 0 Å². The second-order valence-corrected chi connectivity index (χ2v) is 5.29. The number of carboxylic acids is 1. The lowest BCUT2D eigenvalue weighted by Crippen LogP contribution is -2.38. The van der Waals surface area contributed by atoms with Crippen molar-refractivity contribution >= 4 is 5.97 Å². The molecule has 0 saturated carbocycles. The van der Waals surface area contributed by atoms with Gasteiger partial charge in [0.25, 0.3) is 0 Å². The van der Waals surface area contributed by atoms with Gasteiger partial charge >= 0.3 is 5.97 Å². The maximum absolute atomic E-state index is 10.7. The zero-order chi connectivity index (χ0) is 13.7. The third kappa shape index (κ3) is 4.33. The summed E-state index contributed by atoms with van der Waals surface area (Å²) < 4.78 is 0. The van der Waals surface area contributed by atoms with E-state index in [9.17, 15) is 9.90 Å². The largest absolute Gasteiger partial charge is 0.481 e. The number of hydrogen-bond donors (Lipinski definition) is 2. The van der Waals surface area contributed by atoms with Gasteiger partial charge in [-0.3, -0.25) is 4.79 Å². The lowest BCUT2D eigenvalue weighted by Gasteiger charge is -2.33. The van der Waals surface area contributed by atoms with Crippen molar-refractivity contribution in [1.82, 2.24) is 4.90 Å². The number of aliphatic hydroxyl groups excluding tert-OH is 1. The first-order valence-corrected chi connectivity index (χ1v) is 6.82. The molecule has 0 amide bonds. The number of hydrogen-bond acceptors (Lipinski definition) is 3. The molecule has 19 heavy (non-hydrogen) atoms. The highest BCUT2D eigenvalue weighted by atomic mass is 16.4. The van der Waals surface area contributed by atoms with E-state index in [1.54, 1.807) is 0 Å². The lowest BCUT2D eigenvalue weighted by atomic mass is 9.94. The Bertz CT molecular complexity index is 407. The molecule has 2 N–H and O–H groups in total. The van der Waals surface area contributed by atoms with E-state index < -0.39 is 12.1 Å². The predicted molar refractivity (Wildman–Crippen MR) is 72.8 cm³/mol. The normalized spacial score (nSPS) is 22.1. The number of carbonyl (C=O) groups is 1. The van der Waals surface area contributed by atoms with E-state index in [2.05, 4.69) is 4.90 Å². The number of piperidine rings is 1. The zero-order valence-electron chi connectivity index (χ0n) is 11.0. The first-order chi connectivity index (χ1) is 9.15. The van der Waals surface area contributed by atoms with E-state index in [1.165, 1.54) is 0 Å². The Hall–Kier alpha value is -1.39. The topological polar surface area (TPSA) is 60.8 Å². The molecule has 4 nitrogen and oxygen atoms in total. The molecule has 2 unspecified atom stereocenters.